The molecule has 3 heterocycles. The van der Waals surface area contributed by atoms with E-state index in [0.29, 0.717) is 6.61 Å². The molecule has 2 aromatic heterocycles. The maximum atomic E-state index is 6.18. The quantitative estimate of drug-likeness (QED) is 0.425. The van der Waals surface area contributed by atoms with Gasteiger partial charge in [0.05, 0.1) is 24.1 Å². The number of aromatic amines is 1. The van der Waals surface area contributed by atoms with Crippen LogP contribution in [-0.2, 0) is 19.5 Å². The smallest absolute Gasteiger partial charge is 0.144 e. The molecule has 0 saturated heterocycles. The van der Waals surface area contributed by atoms with Gasteiger partial charge in [-0.3, -0.25) is 0 Å². The monoisotopic (exact) mass is 470 g/mol. The largest absolute Gasteiger partial charge is 0.491 e. The molecular weight excluding hydrogens is 436 g/mol. The molecule has 0 bridgehead atoms. The molecule has 2 aromatic carbocycles. The Morgan fingerprint density at radius 3 is 2.63 bits per heavy atom. The minimum Gasteiger partial charge on any atom is -0.491 e. The summed E-state index contributed by atoms with van der Waals surface area (Å²) in [6.07, 6.45) is 2.03. The number of nitrogens with one attached hydrogen (secondary N) is 1. The molecule has 182 valence electrons. The van der Waals surface area contributed by atoms with Crippen LogP contribution in [0.5, 0.6) is 5.75 Å². The first-order valence-electron chi connectivity index (χ1n) is 12.4. The van der Waals surface area contributed by atoms with Crippen molar-refractivity contribution in [2.45, 2.75) is 46.7 Å². The van der Waals surface area contributed by atoms with Crippen LogP contribution in [-0.4, -0.2) is 52.1 Å². The first kappa shape index (κ1) is 23.3. The molecule has 0 amide bonds. The predicted molar refractivity (Wildman–Crippen MR) is 141 cm³/mol. The van der Waals surface area contributed by atoms with E-state index >= 15 is 0 Å². The summed E-state index contributed by atoms with van der Waals surface area (Å²) in [5.41, 5.74) is 7.88. The maximum absolute atomic E-state index is 6.18. The van der Waals surface area contributed by atoms with Crippen LogP contribution in [0.4, 0.5) is 5.82 Å². The minimum atomic E-state index is 0.628. The number of hydrogen-bond donors (Lipinski definition) is 1. The third-order valence-corrected chi connectivity index (χ3v) is 6.47. The predicted octanol–water partition coefficient (Wildman–Crippen LogP) is 5.05. The molecule has 35 heavy (non-hydrogen) atoms. The Morgan fingerprint density at radius 2 is 1.83 bits per heavy atom. The Balaban J connectivity index is 1.52. The van der Waals surface area contributed by atoms with Gasteiger partial charge in [-0.1, -0.05) is 25.5 Å². The summed E-state index contributed by atoms with van der Waals surface area (Å²) in [5, 5.41) is 0. The van der Waals surface area contributed by atoms with E-state index in [1.165, 1.54) is 16.7 Å². The highest BCUT2D eigenvalue weighted by Crippen LogP contribution is 2.33. The summed E-state index contributed by atoms with van der Waals surface area (Å²) >= 11 is 0. The second kappa shape index (κ2) is 9.66. The van der Waals surface area contributed by atoms with Gasteiger partial charge in [-0.2, -0.15) is 0 Å². The van der Waals surface area contributed by atoms with Crippen molar-refractivity contribution >= 4 is 16.9 Å². The molecule has 0 aliphatic carbocycles. The molecule has 1 N–H and O–H groups in total. The van der Waals surface area contributed by atoms with Crippen LogP contribution in [0.25, 0.3) is 22.2 Å². The number of rotatable bonds is 6. The van der Waals surface area contributed by atoms with E-state index in [4.69, 9.17) is 14.7 Å². The minimum absolute atomic E-state index is 0.628. The van der Waals surface area contributed by atoms with Gasteiger partial charge in [0.15, 0.2) is 0 Å². The Morgan fingerprint density at radius 1 is 1.03 bits per heavy atom. The van der Waals surface area contributed by atoms with Gasteiger partial charge in [0.25, 0.3) is 0 Å². The number of fused-ring (bicyclic) bond motifs is 2. The van der Waals surface area contributed by atoms with Gasteiger partial charge in [-0.25, -0.2) is 15.0 Å². The molecule has 4 aromatic rings. The summed E-state index contributed by atoms with van der Waals surface area (Å²) in [6, 6.07) is 12.9. The Labute approximate surface area is 207 Å². The van der Waals surface area contributed by atoms with Crippen molar-refractivity contribution in [1.82, 2.24) is 24.8 Å². The van der Waals surface area contributed by atoms with Gasteiger partial charge >= 0.3 is 0 Å². The third-order valence-electron chi connectivity index (χ3n) is 6.47. The lowest BCUT2D eigenvalue weighted by Gasteiger charge is -2.25. The topological polar surface area (TPSA) is 70.2 Å². The first-order chi connectivity index (χ1) is 16.9. The SMILES string of the molecule is CCCc1c(C)nc(CN(C)C)nc1N1CCOc2ccc(-c3ccc4nc(C)[nH]c4c3)cc2C1. The molecule has 7 heteroatoms. The number of anilines is 1. The van der Waals surface area contributed by atoms with Crippen LogP contribution in [0.1, 0.15) is 41.8 Å². The number of H-pyrrole nitrogens is 1. The highest BCUT2D eigenvalue weighted by atomic mass is 16.5. The van der Waals surface area contributed by atoms with E-state index in [0.717, 1.165) is 78.0 Å². The summed E-state index contributed by atoms with van der Waals surface area (Å²) in [5.74, 6) is 3.79. The second-order valence-electron chi connectivity index (χ2n) is 9.66. The molecule has 0 radical (unpaired) electrons. The van der Waals surface area contributed by atoms with Gasteiger partial charge in [-0.05, 0) is 69.8 Å². The number of hydrogen-bond acceptors (Lipinski definition) is 6. The lowest BCUT2D eigenvalue weighted by Crippen LogP contribution is -2.29. The van der Waals surface area contributed by atoms with Crippen molar-refractivity contribution in [3.63, 3.8) is 0 Å². The summed E-state index contributed by atoms with van der Waals surface area (Å²) in [6.45, 7) is 9.20. The van der Waals surface area contributed by atoms with Crippen molar-refractivity contribution in [3.8, 4) is 16.9 Å². The van der Waals surface area contributed by atoms with Crippen LogP contribution in [0.2, 0.25) is 0 Å². The lowest BCUT2D eigenvalue weighted by atomic mass is 10.0. The van der Waals surface area contributed by atoms with E-state index < -0.39 is 0 Å². The molecule has 1 aliphatic rings. The normalized spacial score (nSPS) is 13.7. The third kappa shape index (κ3) is 4.86. The van der Waals surface area contributed by atoms with Crippen LogP contribution in [0.3, 0.4) is 0 Å². The Kier molecular flexibility index (Phi) is 6.43. The van der Waals surface area contributed by atoms with Crippen molar-refractivity contribution in [2.75, 3.05) is 32.1 Å². The fourth-order valence-corrected chi connectivity index (χ4v) is 4.87. The van der Waals surface area contributed by atoms with Gasteiger partial charge in [0, 0.05) is 23.4 Å². The van der Waals surface area contributed by atoms with E-state index in [1.807, 2.05) is 6.92 Å². The Bertz CT molecular complexity index is 1360. The van der Waals surface area contributed by atoms with Gasteiger partial charge in [0.2, 0.25) is 0 Å². The lowest BCUT2D eigenvalue weighted by molar-refractivity contribution is 0.331. The molecule has 0 saturated carbocycles. The molecule has 0 fully saturated rings. The van der Waals surface area contributed by atoms with E-state index in [-0.39, 0.29) is 0 Å². The van der Waals surface area contributed by atoms with E-state index in [2.05, 4.69) is 84.1 Å². The van der Waals surface area contributed by atoms with Crippen LogP contribution in [0.15, 0.2) is 36.4 Å². The number of ether oxygens (including phenoxy) is 1. The fourth-order valence-electron chi connectivity index (χ4n) is 4.87. The standard InChI is InChI=1S/C28H34N6O/c1-6-7-23-18(2)29-27(17-33(4)5)32-28(23)34-12-13-35-26-11-9-20(14-22(26)16-34)21-8-10-24-25(15-21)31-19(3)30-24/h8-11,14-15H,6-7,12-13,16-17H2,1-5H3,(H,30,31). The van der Waals surface area contributed by atoms with Crippen molar-refractivity contribution in [2.24, 2.45) is 0 Å². The average molecular weight is 471 g/mol. The van der Waals surface area contributed by atoms with Gasteiger partial charge in [-0.15, -0.1) is 0 Å². The van der Waals surface area contributed by atoms with E-state index in [9.17, 15) is 0 Å². The molecule has 0 atom stereocenters. The summed E-state index contributed by atoms with van der Waals surface area (Å²) in [4.78, 5) is 22.2. The van der Waals surface area contributed by atoms with Crippen molar-refractivity contribution < 1.29 is 4.74 Å². The first-order valence-corrected chi connectivity index (χ1v) is 12.4. The molecule has 1 aliphatic heterocycles. The highest BCUT2D eigenvalue weighted by molar-refractivity contribution is 5.82. The number of aryl methyl sites for hydroxylation is 2. The van der Waals surface area contributed by atoms with Crippen molar-refractivity contribution in [3.05, 3.63) is 64.9 Å². The molecule has 0 unspecified atom stereocenters. The maximum Gasteiger partial charge on any atom is 0.144 e. The molecule has 5 rings (SSSR count). The van der Waals surface area contributed by atoms with Crippen LogP contribution in [0, 0.1) is 13.8 Å². The molecular formula is C28H34N6O. The highest BCUT2D eigenvalue weighted by Gasteiger charge is 2.22. The number of benzene rings is 2. The van der Waals surface area contributed by atoms with Crippen LogP contribution >= 0.6 is 0 Å². The van der Waals surface area contributed by atoms with Crippen LogP contribution < -0.4 is 9.64 Å². The summed E-state index contributed by atoms with van der Waals surface area (Å²) < 4.78 is 6.18. The fraction of sp³-hybridized carbons (Fsp3) is 0.393. The second-order valence-corrected chi connectivity index (χ2v) is 9.66. The zero-order valence-electron chi connectivity index (χ0n) is 21.4. The summed E-state index contributed by atoms with van der Waals surface area (Å²) in [7, 11) is 4.11. The molecule has 0 spiro atoms. The van der Waals surface area contributed by atoms with Gasteiger partial charge in [0.1, 0.15) is 29.8 Å². The molecule has 7 nitrogen and oxygen atoms in total. The zero-order valence-corrected chi connectivity index (χ0v) is 21.4. The van der Waals surface area contributed by atoms with Gasteiger partial charge < -0.3 is 19.5 Å². The van der Waals surface area contributed by atoms with Crippen molar-refractivity contribution in [1.29, 1.82) is 0 Å². The number of aromatic nitrogens is 4. The Hall–Kier alpha value is -3.45. The van der Waals surface area contributed by atoms with E-state index in [1.54, 1.807) is 0 Å². The number of imidazole rings is 1. The number of nitrogens with zero attached hydrogens (tertiary/aromatic N) is 5. The average Bonchev–Trinajstić information content (AvgIpc) is 3.06. The zero-order chi connectivity index (χ0) is 24.5.